The van der Waals surface area contributed by atoms with Gasteiger partial charge in [0.05, 0.1) is 17.8 Å². The fraction of sp³-hybridized carbons (Fsp3) is 0.526. The van der Waals surface area contributed by atoms with E-state index in [2.05, 4.69) is 35.9 Å². The van der Waals surface area contributed by atoms with Crippen molar-refractivity contribution in [1.29, 1.82) is 0 Å². The molecule has 1 amide bonds. The number of halogens is 3. The number of hydrogen-bond acceptors (Lipinski definition) is 7. The van der Waals surface area contributed by atoms with Gasteiger partial charge in [0.25, 0.3) is 0 Å². The lowest BCUT2D eigenvalue weighted by Gasteiger charge is -2.29. The number of carbonyl (C=O) groups excluding carboxylic acids is 1. The van der Waals surface area contributed by atoms with Gasteiger partial charge < -0.3 is 16.0 Å². The second-order valence-electron chi connectivity index (χ2n) is 7.24. The highest BCUT2D eigenvalue weighted by Gasteiger charge is 2.31. The van der Waals surface area contributed by atoms with Crippen LogP contribution in [0.15, 0.2) is 18.3 Å². The Morgan fingerprint density at radius 1 is 1.20 bits per heavy atom. The average molecular weight is 423 g/mol. The highest BCUT2D eigenvalue weighted by Crippen LogP contribution is 2.29. The van der Waals surface area contributed by atoms with Crippen molar-refractivity contribution in [2.45, 2.75) is 51.4 Å². The van der Waals surface area contributed by atoms with Crippen molar-refractivity contribution in [3.63, 3.8) is 0 Å². The van der Waals surface area contributed by atoms with Crippen LogP contribution in [0, 0.1) is 12.8 Å². The van der Waals surface area contributed by atoms with Crippen LogP contribution >= 0.6 is 0 Å². The first kappa shape index (κ1) is 21.7. The minimum Gasteiger partial charge on any atom is -0.357 e. The number of nitrogens with one attached hydrogen (secondary N) is 3. The molecule has 3 N–H and O–H groups in total. The van der Waals surface area contributed by atoms with E-state index in [9.17, 15) is 18.0 Å². The van der Waals surface area contributed by atoms with Crippen molar-refractivity contribution in [3.8, 4) is 0 Å². The van der Waals surface area contributed by atoms with Crippen molar-refractivity contribution in [1.82, 2.24) is 25.3 Å². The second-order valence-corrected chi connectivity index (χ2v) is 7.24. The molecular weight excluding hydrogens is 399 g/mol. The van der Waals surface area contributed by atoms with Gasteiger partial charge in [-0.05, 0) is 38.3 Å². The van der Waals surface area contributed by atoms with E-state index in [-0.39, 0.29) is 30.1 Å². The van der Waals surface area contributed by atoms with E-state index in [1.807, 2.05) is 0 Å². The van der Waals surface area contributed by atoms with Gasteiger partial charge in [0.15, 0.2) is 0 Å². The Kier molecular flexibility index (Phi) is 6.68. The summed E-state index contributed by atoms with van der Waals surface area (Å²) in [7, 11) is 1.72. The first-order valence-electron chi connectivity index (χ1n) is 9.71. The van der Waals surface area contributed by atoms with E-state index in [4.69, 9.17) is 0 Å². The number of rotatable bonds is 6. The van der Waals surface area contributed by atoms with Crippen LogP contribution in [-0.4, -0.2) is 38.9 Å². The summed E-state index contributed by atoms with van der Waals surface area (Å²) in [5.41, 5.74) is -0.610. The third-order valence-electron chi connectivity index (χ3n) is 4.94. The fourth-order valence-corrected chi connectivity index (χ4v) is 3.47. The van der Waals surface area contributed by atoms with E-state index in [0.29, 0.717) is 24.1 Å². The molecule has 0 aliphatic heterocycles. The van der Waals surface area contributed by atoms with Gasteiger partial charge in [-0.15, -0.1) is 0 Å². The largest absolute Gasteiger partial charge is 0.416 e. The topological polar surface area (TPSA) is 105 Å². The molecular formula is C19H24F3N7O. The molecule has 0 saturated heterocycles. The molecule has 2 heterocycles. The number of amides is 1. The summed E-state index contributed by atoms with van der Waals surface area (Å²) >= 11 is 0. The fourth-order valence-electron chi connectivity index (χ4n) is 3.47. The van der Waals surface area contributed by atoms with Crippen molar-refractivity contribution in [2.24, 2.45) is 5.92 Å². The molecule has 0 radical (unpaired) electrons. The number of carbonyl (C=O) groups is 1. The predicted molar refractivity (Wildman–Crippen MR) is 105 cm³/mol. The molecule has 1 fully saturated rings. The maximum atomic E-state index is 12.8. The van der Waals surface area contributed by atoms with Gasteiger partial charge in [-0.25, -0.2) is 0 Å². The summed E-state index contributed by atoms with van der Waals surface area (Å²) in [6, 6.07) is 1.88. The number of hydrogen-bond donors (Lipinski definition) is 3. The van der Waals surface area contributed by atoms with Gasteiger partial charge in [-0.1, -0.05) is 6.42 Å². The summed E-state index contributed by atoms with van der Waals surface area (Å²) in [4.78, 5) is 29.2. The maximum Gasteiger partial charge on any atom is 0.416 e. The lowest BCUT2D eigenvalue weighted by molar-refractivity contribution is -0.137. The predicted octanol–water partition coefficient (Wildman–Crippen LogP) is 2.92. The lowest BCUT2D eigenvalue weighted by atomic mass is 9.85. The van der Waals surface area contributed by atoms with Crippen LogP contribution in [0.3, 0.4) is 0 Å². The number of anilines is 2. The monoisotopic (exact) mass is 423 g/mol. The van der Waals surface area contributed by atoms with Crippen LogP contribution in [0.4, 0.5) is 25.1 Å². The standard InChI is InChI=1S/C19H24F3N7O/c1-11-26-17(23-2)29-18(27-11)28-14-5-3-4-12(8-14)16(30)25-10-15-9-13(6-7-24-15)19(20,21)22/h6-7,9,12,14H,3-5,8,10H2,1-2H3,(H,25,30)(H2,23,26,27,28,29)/t12-,14+/m0/s1. The molecule has 1 aliphatic rings. The highest BCUT2D eigenvalue weighted by atomic mass is 19.4. The zero-order chi connectivity index (χ0) is 21.7. The van der Waals surface area contributed by atoms with E-state index in [1.165, 1.54) is 0 Å². The molecule has 3 rings (SSSR count). The zero-order valence-corrected chi connectivity index (χ0v) is 16.8. The lowest BCUT2D eigenvalue weighted by Crippen LogP contribution is -2.37. The Hall–Kier alpha value is -2.98. The molecule has 2 atom stereocenters. The number of aromatic nitrogens is 4. The third kappa shape index (κ3) is 5.77. The maximum absolute atomic E-state index is 12.8. The van der Waals surface area contributed by atoms with E-state index < -0.39 is 11.7 Å². The summed E-state index contributed by atoms with van der Waals surface area (Å²) in [5.74, 6) is 1.06. The molecule has 0 aromatic carbocycles. The van der Waals surface area contributed by atoms with Crippen LogP contribution in [0.1, 0.15) is 42.8 Å². The summed E-state index contributed by atoms with van der Waals surface area (Å²) in [5, 5.41) is 8.85. The number of aryl methyl sites for hydroxylation is 1. The van der Waals surface area contributed by atoms with Crippen LogP contribution in [0.25, 0.3) is 0 Å². The van der Waals surface area contributed by atoms with Gasteiger partial charge in [0.2, 0.25) is 17.8 Å². The van der Waals surface area contributed by atoms with Crippen LogP contribution in [-0.2, 0) is 17.5 Å². The number of pyridine rings is 1. The van der Waals surface area contributed by atoms with Crippen LogP contribution < -0.4 is 16.0 Å². The normalized spacial score (nSPS) is 19.2. The molecule has 0 bridgehead atoms. The second kappa shape index (κ2) is 9.23. The van der Waals surface area contributed by atoms with E-state index >= 15 is 0 Å². The number of nitrogens with zero attached hydrogens (tertiary/aromatic N) is 4. The molecule has 1 saturated carbocycles. The van der Waals surface area contributed by atoms with Gasteiger partial charge in [-0.3, -0.25) is 9.78 Å². The Labute approximate surface area is 172 Å². The average Bonchev–Trinajstić information content (AvgIpc) is 2.71. The van der Waals surface area contributed by atoms with Crippen LogP contribution in [0.5, 0.6) is 0 Å². The van der Waals surface area contributed by atoms with E-state index in [1.54, 1.807) is 14.0 Å². The summed E-state index contributed by atoms with van der Waals surface area (Å²) in [6.07, 6.45) is -0.315. The molecule has 162 valence electrons. The SMILES string of the molecule is CNc1nc(C)nc(N[C@@H]2CCC[C@H](C(=O)NCc3cc(C(F)(F)F)ccn3)C2)n1. The minimum atomic E-state index is -4.44. The Balaban J connectivity index is 1.56. The Morgan fingerprint density at radius 2 is 1.97 bits per heavy atom. The smallest absolute Gasteiger partial charge is 0.357 e. The Morgan fingerprint density at radius 3 is 2.70 bits per heavy atom. The number of alkyl halides is 3. The van der Waals surface area contributed by atoms with Gasteiger partial charge in [0, 0.05) is 25.2 Å². The quantitative estimate of drug-likeness (QED) is 0.656. The molecule has 2 aromatic rings. The van der Waals surface area contributed by atoms with Crippen molar-refractivity contribution in [3.05, 3.63) is 35.4 Å². The molecule has 8 nitrogen and oxygen atoms in total. The minimum absolute atomic E-state index is 0.0210. The first-order chi connectivity index (χ1) is 14.2. The van der Waals surface area contributed by atoms with Crippen molar-refractivity contribution >= 4 is 17.8 Å². The van der Waals surface area contributed by atoms with Gasteiger partial charge in [-0.2, -0.15) is 28.1 Å². The first-order valence-corrected chi connectivity index (χ1v) is 9.71. The summed E-state index contributed by atoms with van der Waals surface area (Å²) < 4.78 is 38.4. The molecule has 11 heteroatoms. The van der Waals surface area contributed by atoms with Gasteiger partial charge in [0.1, 0.15) is 5.82 Å². The zero-order valence-electron chi connectivity index (χ0n) is 16.8. The molecule has 2 aromatic heterocycles. The van der Waals surface area contributed by atoms with Crippen molar-refractivity contribution < 1.29 is 18.0 Å². The van der Waals surface area contributed by atoms with Gasteiger partial charge >= 0.3 is 6.18 Å². The summed E-state index contributed by atoms with van der Waals surface area (Å²) in [6.45, 7) is 1.72. The van der Waals surface area contributed by atoms with E-state index in [0.717, 1.165) is 37.6 Å². The molecule has 0 spiro atoms. The van der Waals surface area contributed by atoms with Crippen molar-refractivity contribution in [2.75, 3.05) is 17.7 Å². The molecule has 1 aliphatic carbocycles. The van der Waals surface area contributed by atoms with Crippen LogP contribution in [0.2, 0.25) is 0 Å². The third-order valence-corrected chi connectivity index (χ3v) is 4.94. The highest BCUT2D eigenvalue weighted by molar-refractivity contribution is 5.78. The Bertz CT molecular complexity index is 891. The molecule has 30 heavy (non-hydrogen) atoms. The molecule has 0 unspecified atom stereocenters.